The van der Waals surface area contributed by atoms with E-state index >= 15 is 0 Å². The number of nitro groups is 1. The number of anilines is 1. The number of hydrogen-bond acceptors (Lipinski definition) is 3. The lowest BCUT2D eigenvalue weighted by Gasteiger charge is -2.07. The summed E-state index contributed by atoms with van der Waals surface area (Å²) in [7, 11) is 0. The van der Waals surface area contributed by atoms with E-state index in [0.29, 0.717) is 17.3 Å². The van der Waals surface area contributed by atoms with Gasteiger partial charge in [0, 0.05) is 22.1 Å². The standard InChI is InChI=1S/C13H10BrClN2O2/c14-10-3-1-9(2-4-10)8-16-12-6-5-11(15)7-13(12)17(18)19/h1-7,16H,8H2. The van der Waals surface area contributed by atoms with Crippen molar-refractivity contribution in [1.29, 1.82) is 0 Å². The Morgan fingerprint density at radius 2 is 1.89 bits per heavy atom. The number of nitrogens with zero attached hydrogens (tertiary/aromatic N) is 1. The number of halogens is 2. The molecule has 0 spiro atoms. The quantitative estimate of drug-likeness (QED) is 0.652. The van der Waals surface area contributed by atoms with Crippen LogP contribution in [0, 0.1) is 10.1 Å². The highest BCUT2D eigenvalue weighted by atomic mass is 79.9. The SMILES string of the molecule is O=[N+]([O-])c1cc(Cl)ccc1NCc1ccc(Br)cc1. The maximum atomic E-state index is 10.9. The lowest BCUT2D eigenvalue weighted by molar-refractivity contribution is -0.383. The van der Waals surface area contributed by atoms with E-state index in [0.717, 1.165) is 10.0 Å². The topological polar surface area (TPSA) is 55.2 Å². The van der Waals surface area contributed by atoms with Gasteiger partial charge in [-0.3, -0.25) is 10.1 Å². The molecule has 19 heavy (non-hydrogen) atoms. The van der Waals surface area contributed by atoms with Crippen molar-refractivity contribution in [2.45, 2.75) is 6.54 Å². The minimum atomic E-state index is -0.449. The van der Waals surface area contributed by atoms with Crippen LogP contribution in [-0.2, 0) is 6.54 Å². The van der Waals surface area contributed by atoms with Gasteiger partial charge in [-0.25, -0.2) is 0 Å². The summed E-state index contributed by atoms with van der Waals surface area (Å²) in [5, 5.41) is 14.3. The Hall–Kier alpha value is -1.59. The van der Waals surface area contributed by atoms with Crippen molar-refractivity contribution >= 4 is 38.9 Å². The van der Waals surface area contributed by atoms with E-state index in [1.165, 1.54) is 6.07 Å². The molecule has 0 aromatic heterocycles. The maximum Gasteiger partial charge on any atom is 0.293 e. The van der Waals surface area contributed by atoms with Gasteiger partial charge < -0.3 is 5.32 Å². The molecule has 98 valence electrons. The monoisotopic (exact) mass is 340 g/mol. The minimum Gasteiger partial charge on any atom is -0.375 e. The van der Waals surface area contributed by atoms with Gasteiger partial charge in [-0.15, -0.1) is 0 Å². The average molecular weight is 342 g/mol. The molecule has 2 rings (SSSR count). The van der Waals surface area contributed by atoms with E-state index in [4.69, 9.17) is 11.6 Å². The molecule has 4 nitrogen and oxygen atoms in total. The Bertz CT molecular complexity index is 602. The molecule has 0 saturated carbocycles. The van der Waals surface area contributed by atoms with Crippen LogP contribution in [0.1, 0.15) is 5.56 Å². The molecule has 0 heterocycles. The van der Waals surface area contributed by atoms with Crippen molar-refractivity contribution < 1.29 is 4.92 Å². The van der Waals surface area contributed by atoms with Crippen molar-refractivity contribution in [3.8, 4) is 0 Å². The zero-order valence-electron chi connectivity index (χ0n) is 9.77. The van der Waals surface area contributed by atoms with Crippen LogP contribution in [0.4, 0.5) is 11.4 Å². The van der Waals surface area contributed by atoms with Crippen LogP contribution < -0.4 is 5.32 Å². The molecule has 6 heteroatoms. The highest BCUT2D eigenvalue weighted by molar-refractivity contribution is 9.10. The summed E-state index contributed by atoms with van der Waals surface area (Å²) in [4.78, 5) is 10.5. The highest BCUT2D eigenvalue weighted by Crippen LogP contribution is 2.28. The lowest BCUT2D eigenvalue weighted by Crippen LogP contribution is -2.02. The maximum absolute atomic E-state index is 10.9. The summed E-state index contributed by atoms with van der Waals surface area (Å²) in [5.74, 6) is 0. The van der Waals surface area contributed by atoms with Gasteiger partial charge in [0.2, 0.25) is 0 Å². The molecule has 0 unspecified atom stereocenters. The van der Waals surface area contributed by atoms with E-state index in [2.05, 4.69) is 21.2 Å². The molecule has 0 atom stereocenters. The predicted octanol–water partition coefficient (Wildman–Crippen LogP) is 4.62. The van der Waals surface area contributed by atoms with Crippen molar-refractivity contribution in [2.24, 2.45) is 0 Å². The highest BCUT2D eigenvalue weighted by Gasteiger charge is 2.13. The summed E-state index contributed by atoms with van der Waals surface area (Å²) >= 11 is 9.11. The summed E-state index contributed by atoms with van der Waals surface area (Å²) < 4.78 is 0.994. The fourth-order valence-corrected chi connectivity index (χ4v) is 2.04. The summed E-state index contributed by atoms with van der Waals surface area (Å²) in [6.45, 7) is 0.510. The van der Waals surface area contributed by atoms with Crippen LogP contribution in [0.15, 0.2) is 46.9 Å². The number of benzene rings is 2. The van der Waals surface area contributed by atoms with Crippen molar-refractivity contribution in [3.05, 3.63) is 67.6 Å². The summed E-state index contributed by atoms with van der Waals surface area (Å²) in [5.41, 5.74) is 1.47. The lowest BCUT2D eigenvalue weighted by atomic mass is 10.2. The smallest absolute Gasteiger partial charge is 0.293 e. The van der Waals surface area contributed by atoms with Crippen LogP contribution in [0.2, 0.25) is 5.02 Å². The van der Waals surface area contributed by atoms with Gasteiger partial charge in [-0.2, -0.15) is 0 Å². The number of nitrogens with one attached hydrogen (secondary N) is 1. The number of nitro benzene ring substituents is 1. The van der Waals surface area contributed by atoms with E-state index in [-0.39, 0.29) is 5.69 Å². The van der Waals surface area contributed by atoms with E-state index < -0.39 is 4.92 Å². The first-order valence-electron chi connectivity index (χ1n) is 5.48. The van der Waals surface area contributed by atoms with Gasteiger partial charge in [0.25, 0.3) is 5.69 Å². The fraction of sp³-hybridized carbons (Fsp3) is 0.0769. The molecule has 1 N–H and O–H groups in total. The average Bonchev–Trinajstić information content (AvgIpc) is 2.39. The summed E-state index contributed by atoms with van der Waals surface area (Å²) in [6, 6.07) is 12.3. The molecule has 0 aliphatic carbocycles. The minimum absolute atomic E-state index is 0.0235. The Morgan fingerprint density at radius 3 is 2.53 bits per heavy atom. The normalized spacial score (nSPS) is 10.2. The van der Waals surface area contributed by atoms with Crippen LogP contribution in [-0.4, -0.2) is 4.92 Å². The fourth-order valence-electron chi connectivity index (χ4n) is 1.60. The molecule has 2 aromatic rings. The summed E-state index contributed by atoms with van der Waals surface area (Å²) in [6.07, 6.45) is 0. The molecule has 0 amide bonds. The second-order valence-corrected chi connectivity index (χ2v) is 5.25. The van der Waals surface area contributed by atoms with Gasteiger partial charge >= 0.3 is 0 Å². The van der Waals surface area contributed by atoms with Crippen LogP contribution >= 0.6 is 27.5 Å². The first-order valence-corrected chi connectivity index (χ1v) is 6.65. The van der Waals surface area contributed by atoms with E-state index in [1.807, 2.05) is 24.3 Å². The molecule has 0 aliphatic heterocycles. The third-order valence-electron chi connectivity index (χ3n) is 2.55. The van der Waals surface area contributed by atoms with Gasteiger partial charge in [0.1, 0.15) is 5.69 Å². The van der Waals surface area contributed by atoms with Gasteiger partial charge in [0.15, 0.2) is 0 Å². The molecule has 0 bridgehead atoms. The van der Waals surface area contributed by atoms with Gasteiger partial charge in [-0.05, 0) is 29.8 Å². The predicted molar refractivity (Wildman–Crippen MR) is 79.6 cm³/mol. The Labute approximate surface area is 123 Å². The van der Waals surface area contributed by atoms with Crippen LogP contribution in [0.3, 0.4) is 0 Å². The molecular formula is C13H10BrClN2O2. The Kier molecular flexibility index (Phi) is 4.39. The van der Waals surface area contributed by atoms with Gasteiger partial charge in [-0.1, -0.05) is 39.7 Å². The largest absolute Gasteiger partial charge is 0.375 e. The molecule has 0 aliphatic rings. The van der Waals surface area contributed by atoms with E-state index in [9.17, 15) is 10.1 Å². The Morgan fingerprint density at radius 1 is 1.21 bits per heavy atom. The number of hydrogen-bond donors (Lipinski definition) is 1. The van der Waals surface area contributed by atoms with Crippen LogP contribution in [0.25, 0.3) is 0 Å². The van der Waals surface area contributed by atoms with Crippen molar-refractivity contribution in [3.63, 3.8) is 0 Å². The zero-order chi connectivity index (χ0) is 13.8. The number of rotatable bonds is 4. The first kappa shape index (κ1) is 13.8. The third kappa shape index (κ3) is 3.68. The third-order valence-corrected chi connectivity index (χ3v) is 3.32. The Balaban J connectivity index is 2.15. The van der Waals surface area contributed by atoms with Crippen molar-refractivity contribution in [1.82, 2.24) is 0 Å². The van der Waals surface area contributed by atoms with Crippen molar-refractivity contribution in [2.75, 3.05) is 5.32 Å². The zero-order valence-corrected chi connectivity index (χ0v) is 12.1. The second-order valence-electron chi connectivity index (χ2n) is 3.90. The van der Waals surface area contributed by atoms with Crippen LogP contribution in [0.5, 0.6) is 0 Å². The molecular weight excluding hydrogens is 332 g/mol. The molecule has 0 fully saturated rings. The van der Waals surface area contributed by atoms with E-state index in [1.54, 1.807) is 12.1 Å². The first-order chi connectivity index (χ1) is 9.06. The molecule has 0 saturated heterocycles. The van der Waals surface area contributed by atoms with Gasteiger partial charge in [0.05, 0.1) is 4.92 Å². The molecule has 2 aromatic carbocycles. The second kappa shape index (κ2) is 6.04. The molecule has 0 radical (unpaired) electrons.